The molecule has 1 aliphatic rings. The van der Waals surface area contributed by atoms with Crippen LogP contribution in [0.1, 0.15) is 18.9 Å². The standard InChI is InChI=1S/C14H17N3/c1-2-8-17-9-7-16-14(17)12-4-3-11-5-6-15-13(11)10-12/h3-4,7,9-10,15H,2,5-6,8H2,1H3. The van der Waals surface area contributed by atoms with Crippen LogP contribution in [0.25, 0.3) is 11.4 Å². The van der Waals surface area contributed by atoms with Gasteiger partial charge in [-0.2, -0.15) is 0 Å². The van der Waals surface area contributed by atoms with Gasteiger partial charge in [-0.3, -0.25) is 0 Å². The average Bonchev–Trinajstić information content (AvgIpc) is 2.96. The zero-order chi connectivity index (χ0) is 11.7. The van der Waals surface area contributed by atoms with Gasteiger partial charge in [0, 0.05) is 36.7 Å². The second kappa shape index (κ2) is 4.24. The summed E-state index contributed by atoms with van der Waals surface area (Å²) in [7, 11) is 0. The minimum atomic E-state index is 1.03. The lowest BCUT2D eigenvalue weighted by Gasteiger charge is -2.08. The SMILES string of the molecule is CCCn1ccnc1-c1ccc2c(c1)NCC2. The highest BCUT2D eigenvalue weighted by Crippen LogP contribution is 2.28. The maximum Gasteiger partial charge on any atom is 0.139 e. The van der Waals surface area contributed by atoms with Gasteiger partial charge in [-0.15, -0.1) is 0 Å². The van der Waals surface area contributed by atoms with Crippen LogP contribution in [0.15, 0.2) is 30.6 Å². The van der Waals surface area contributed by atoms with Crippen LogP contribution < -0.4 is 5.32 Å². The first-order valence-electron chi connectivity index (χ1n) is 6.27. The van der Waals surface area contributed by atoms with Gasteiger partial charge in [0.2, 0.25) is 0 Å². The molecule has 3 nitrogen and oxygen atoms in total. The molecule has 0 unspecified atom stereocenters. The molecule has 2 heterocycles. The fourth-order valence-corrected chi connectivity index (χ4v) is 2.42. The Bertz CT molecular complexity index is 528. The first-order chi connectivity index (χ1) is 8.38. The molecule has 0 atom stereocenters. The van der Waals surface area contributed by atoms with E-state index in [4.69, 9.17) is 0 Å². The van der Waals surface area contributed by atoms with E-state index in [1.165, 1.54) is 16.8 Å². The molecule has 2 aromatic rings. The lowest BCUT2D eigenvalue weighted by atomic mass is 10.1. The topological polar surface area (TPSA) is 29.9 Å². The van der Waals surface area contributed by atoms with E-state index in [0.29, 0.717) is 0 Å². The Hall–Kier alpha value is -1.77. The Morgan fingerprint density at radius 2 is 2.35 bits per heavy atom. The number of nitrogens with zero attached hydrogens (tertiary/aromatic N) is 2. The van der Waals surface area contributed by atoms with Crippen LogP contribution in [0.3, 0.4) is 0 Å². The largest absolute Gasteiger partial charge is 0.384 e. The Kier molecular flexibility index (Phi) is 2.59. The van der Waals surface area contributed by atoms with Crippen molar-refractivity contribution in [2.24, 2.45) is 0 Å². The highest BCUT2D eigenvalue weighted by atomic mass is 15.1. The molecule has 0 aliphatic carbocycles. The molecule has 0 saturated heterocycles. The summed E-state index contributed by atoms with van der Waals surface area (Å²) in [6.07, 6.45) is 6.21. The minimum Gasteiger partial charge on any atom is -0.384 e. The zero-order valence-corrected chi connectivity index (χ0v) is 10.1. The molecule has 1 aromatic heterocycles. The van der Waals surface area contributed by atoms with Crippen molar-refractivity contribution < 1.29 is 0 Å². The van der Waals surface area contributed by atoms with Crippen molar-refractivity contribution in [2.75, 3.05) is 11.9 Å². The van der Waals surface area contributed by atoms with E-state index < -0.39 is 0 Å². The molecule has 1 aliphatic heterocycles. The molecule has 1 aromatic carbocycles. The first-order valence-corrected chi connectivity index (χ1v) is 6.27. The van der Waals surface area contributed by atoms with Gasteiger partial charge >= 0.3 is 0 Å². The lowest BCUT2D eigenvalue weighted by Crippen LogP contribution is -1.98. The van der Waals surface area contributed by atoms with Gasteiger partial charge in [-0.25, -0.2) is 4.98 Å². The molecule has 17 heavy (non-hydrogen) atoms. The summed E-state index contributed by atoms with van der Waals surface area (Å²) in [6, 6.07) is 6.62. The maximum atomic E-state index is 4.47. The molecule has 88 valence electrons. The third-order valence-corrected chi connectivity index (χ3v) is 3.26. The fraction of sp³-hybridized carbons (Fsp3) is 0.357. The van der Waals surface area contributed by atoms with E-state index >= 15 is 0 Å². The summed E-state index contributed by atoms with van der Waals surface area (Å²) >= 11 is 0. The number of benzene rings is 1. The van der Waals surface area contributed by atoms with Crippen molar-refractivity contribution in [1.29, 1.82) is 0 Å². The van der Waals surface area contributed by atoms with E-state index in [1.807, 2.05) is 6.20 Å². The Labute approximate surface area is 101 Å². The summed E-state index contributed by atoms with van der Waals surface area (Å²) in [5.41, 5.74) is 3.90. The van der Waals surface area contributed by atoms with Crippen LogP contribution >= 0.6 is 0 Å². The number of nitrogens with one attached hydrogen (secondary N) is 1. The smallest absolute Gasteiger partial charge is 0.139 e. The normalized spacial score (nSPS) is 13.5. The summed E-state index contributed by atoms with van der Waals surface area (Å²) in [4.78, 5) is 4.47. The summed E-state index contributed by atoms with van der Waals surface area (Å²) < 4.78 is 2.22. The molecule has 3 heteroatoms. The molecule has 0 spiro atoms. The zero-order valence-electron chi connectivity index (χ0n) is 10.1. The van der Waals surface area contributed by atoms with Crippen molar-refractivity contribution in [3.8, 4) is 11.4 Å². The Morgan fingerprint density at radius 3 is 3.24 bits per heavy atom. The average molecular weight is 227 g/mol. The number of fused-ring (bicyclic) bond motifs is 1. The number of hydrogen-bond acceptors (Lipinski definition) is 2. The molecule has 3 rings (SSSR count). The second-order valence-corrected chi connectivity index (χ2v) is 4.49. The van der Waals surface area contributed by atoms with Gasteiger partial charge in [0.1, 0.15) is 5.82 Å². The Morgan fingerprint density at radius 1 is 1.41 bits per heavy atom. The molecule has 0 bridgehead atoms. The third kappa shape index (κ3) is 1.82. The summed E-state index contributed by atoms with van der Waals surface area (Å²) in [5.74, 6) is 1.07. The Balaban J connectivity index is 2.00. The molecular weight excluding hydrogens is 210 g/mol. The van der Waals surface area contributed by atoms with Gasteiger partial charge in [0.25, 0.3) is 0 Å². The van der Waals surface area contributed by atoms with Gasteiger partial charge in [0.05, 0.1) is 0 Å². The molecule has 0 saturated carbocycles. The van der Waals surface area contributed by atoms with Crippen LogP contribution in [0, 0.1) is 0 Å². The molecule has 0 amide bonds. The molecule has 0 radical (unpaired) electrons. The van der Waals surface area contributed by atoms with E-state index in [9.17, 15) is 0 Å². The quantitative estimate of drug-likeness (QED) is 0.873. The van der Waals surface area contributed by atoms with Crippen LogP contribution in [-0.2, 0) is 13.0 Å². The minimum absolute atomic E-state index is 1.03. The third-order valence-electron chi connectivity index (χ3n) is 3.26. The van der Waals surface area contributed by atoms with Gasteiger partial charge < -0.3 is 9.88 Å². The number of hydrogen-bond donors (Lipinski definition) is 1. The highest BCUT2D eigenvalue weighted by molar-refractivity contribution is 5.67. The summed E-state index contributed by atoms with van der Waals surface area (Å²) in [5, 5.41) is 3.42. The second-order valence-electron chi connectivity index (χ2n) is 4.49. The van der Waals surface area contributed by atoms with Crippen molar-refractivity contribution >= 4 is 5.69 Å². The van der Waals surface area contributed by atoms with Gasteiger partial charge in [0.15, 0.2) is 0 Å². The predicted octanol–water partition coefficient (Wildman–Crippen LogP) is 2.93. The molecule has 1 N–H and O–H groups in total. The molecule has 0 fully saturated rings. The van der Waals surface area contributed by atoms with Crippen LogP contribution in [-0.4, -0.2) is 16.1 Å². The lowest BCUT2D eigenvalue weighted by molar-refractivity contribution is 0.685. The molecular formula is C14H17N3. The van der Waals surface area contributed by atoms with Crippen molar-refractivity contribution in [3.63, 3.8) is 0 Å². The number of aryl methyl sites for hydroxylation is 1. The highest BCUT2D eigenvalue weighted by Gasteiger charge is 2.12. The van der Waals surface area contributed by atoms with Gasteiger partial charge in [-0.1, -0.05) is 19.1 Å². The van der Waals surface area contributed by atoms with Crippen LogP contribution in [0.5, 0.6) is 0 Å². The maximum absolute atomic E-state index is 4.47. The van der Waals surface area contributed by atoms with E-state index in [1.54, 1.807) is 0 Å². The van der Waals surface area contributed by atoms with Crippen molar-refractivity contribution in [1.82, 2.24) is 9.55 Å². The van der Waals surface area contributed by atoms with E-state index in [0.717, 1.165) is 31.8 Å². The van der Waals surface area contributed by atoms with E-state index in [2.05, 4.69) is 46.2 Å². The number of anilines is 1. The fourth-order valence-electron chi connectivity index (χ4n) is 2.42. The number of aromatic nitrogens is 2. The monoisotopic (exact) mass is 227 g/mol. The van der Waals surface area contributed by atoms with E-state index in [-0.39, 0.29) is 0 Å². The van der Waals surface area contributed by atoms with Crippen LogP contribution in [0.4, 0.5) is 5.69 Å². The number of imidazole rings is 1. The first kappa shape index (κ1) is 10.4. The predicted molar refractivity (Wildman–Crippen MR) is 70.1 cm³/mol. The number of rotatable bonds is 3. The van der Waals surface area contributed by atoms with Crippen LogP contribution in [0.2, 0.25) is 0 Å². The summed E-state index contributed by atoms with van der Waals surface area (Å²) in [6.45, 7) is 4.27. The van der Waals surface area contributed by atoms with Crippen molar-refractivity contribution in [2.45, 2.75) is 26.3 Å². The van der Waals surface area contributed by atoms with Crippen molar-refractivity contribution in [3.05, 3.63) is 36.2 Å². The van der Waals surface area contributed by atoms with Gasteiger partial charge in [-0.05, 0) is 24.5 Å².